The number of aromatic nitrogens is 2. The van der Waals surface area contributed by atoms with E-state index < -0.39 is 17.6 Å². The Morgan fingerprint density at radius 1 is 1.17 bits per heavy atom. The second-order valence-corrected chi connectivity index (χ2v) is 5.66. The molecule has 0 radical (unpaired) electrons. The average molecular weight is 337 g/mol. The summed E-state index contributed by atoms with van der Waals surface area (Å²) in [7, 11) is 0. The van der Waals surface area contributed by atoms with Gasteiger partial charge < -0.3 is 4.90 Å². The molecule has 126 valence electrons. The van der Waals surface area contributed by atoms with Crippen molar-refractivity contribution in [3.8, 4) is 0 Å². The minimum absolute atomic E-state index is 0.000371. The van der Waals surface area contributed by atoms with E-state index in [1.54, 1.807) is 0 Å². The van der Waals surface area contributed by atoms with Gasteiger partial charge in [-0.15, -0.1) is 0 Å². The molecule has 1 saturated heterocycles. The smallest absolute Gasteiger partial charge is 0.338 e. The largest absolute Gasteiger partial charge is 0.417 e. The molecule has 0 N–H and O–H groups in total. The fourth-order valence-electron chi connectivity index (χ4n) is 2.71. The molecule has 1 aliphatic rings. The molecule has 1 aliphatic heterocycles. The molecular weight excluding hydrogens is 323 g/mol. The van der Waals surface area contributed by atoms with Gasteiger partial charge in [-0.2, -0.15) is 18.3 Å². The summed E-state index contributed by atoms with van der Waals surface area (Å²) in [5.74, 6) is -0.646. The predicted octanol–water partition coefficient (Wildman–Crippen LogP) is 2.03. The van der Waals surface area contributed by atoms with Crippen molar-refractivity contribution in [3.05, 3.63) is 64.1 Å². The number of likely N-dealkylation sites (tertiary alicyclic amines) is 1. The number of hydrogen-bond acceptors (Lipinski definition) is 3. The van der Waals surface area contributed by atoms with E-state index in [0.29, 0.717) is 19.6 Å². The Morgan fingerprint density at radius 2 is 1.88 bits per heavy atom. The number of rotatable bonds is 3. The van der Waals surface area contributed by atoms with Crippen LogP contribution in [-0.4, -0.2) is 33.7 Å². The van der Waals surface area contributed by atoms with E-state index in [0.717, 1.165) is 6.07 Å². The van der Waals surface area contributed by atoms with Crippen LogP contribution in [0.15, 0.2) is 47.4 Å². The van der Waals surface area contributed by atoms with Gasteiger partial charge in [-0.3, -0.25) is 9.59 Å². The fraction of sp³-hybridized carbons (Fsp3) is 0.312. The number of carbonyl (C=O) groups is 1. The number of hydrogen-bond donors (Lipinski definition) is 0. The second-order valence-electron chi connectivity index (χ2n) is 5.66. The average Bonchev–Trinajstić information content (AvgIpc) is 2.50. The minimum atomic E-state index is -4.57. The van der Waals surface area contributed by atoms with Crippen LogP contribution in [0.3, 0.4) is 0 Å². The van der Waals surface area contributed by atoms with E-state index in [1.807, 2.05) is 0 Å². The number of halogens is 3. The molecule has 1 amide bonds. The van der Waals surface area contributed by atoms with Crippen LogP contribution in [0.4, 0.5) is 13.2 Å². The standard InChI is InChI=1S/C16H14F3N3O2/c17-16(18,19)13-5-2-1-4-12(13)15(24)21-8-11(9-21)10-22-14(23)6-3-7-20-22/h1-7,11H,8-10H2. The summed E-state index contributed by atoms with van der Waals surface area (Å²) in [5, 5.41) is 3.93. The molecule has 0 unspecified atom stereocenters. The van der Waals surface area contributed by atoms with Crippen molar-refractivity contribution >= 4 is 5.91 Å². The highest BCUT2D eigenvalue weighted by atomic mass is 19.4. The Hall–Kier alpha value is -2.64. The van der Waals surface area contributed by atoms with Gasteiger partial charge >= 0.3 is 6.18 Å². The van der Waals surface area contributed by atoms with E-state index in [9.17, 15) is 22.8 Å². The third-order valence-electron chi connectivity index (χ3n) is 3.92. The molecule has 0 spiro atoms. The van der Waals surface area contributed by atoms with Gasteiger partial charge in [-0.1, -0.05) is 12.1 Å². The topological polar surface area (TPSA) is 55.2 Å². The number of alkyl halides is 3. The van der Waals surface area contributed by atoms with E-state index in [2.05, 4.69) is 5.10 Å². The van der Waals surface area contributed by atoms with Crippen LogP contribution in [0.25, 0.3) is 0 Å². The summed E-state index contributed by atoms with van der Waals surface area (Å²) in [6, 6.07) is 7.66. The van der Waals surface area contributed by atoms with Gasteiger partial charge in [0.25, 0.3) is 11.5 Å². The lowest BCUT2D eigenvalue weighted by molar-refractivity contribution is -0.138. The van der Waals surface area contributed by atoms with Crippen LogP contribution in [-0.2, 0) is 12.7 Å². The molecule has 1 fully saturated rings. The van der Waals surface area contributed by atoms with Gasteiger partial charge in [0.1, 0.15) is 0 Å². The van der Waals surface area contributed by atoms with E-state index in [-0.39, 0.29) is 17.0 Å². The van der Waals surface area contributed by atoms with Crippen molar-refractivity contribution in [2.45, 2.75) is 12.7 Å². The van der Waals surface area contributed by atoms with E-state index >= 15 is 0 Å². The maximum Gasteiger partial charge on any atom is 0.417 e. The van der Waals surface area contributed by atoms with Crippen molar-refractivity contribution in [3.63, 3.8) is 0 Å². The molecule has 24 heavy (non-hydrogen) atoms. The normalized spacial score (nSPS) is 15.2. The third-order valence-corrected chi connectivity index (χ3v) is 3.92. The van der Waals surface area contributed by atoms with Gasteiger partial charge in [-0.25, -0.2) is 4.68 Å². The highest BCUT2D eigenvalue weighted by Crippen LogP contribution is 2.33. The number of amides is 1. The Balaban J connectivity index is 1.68. The van der Waals surface area contributed by atoms with Crippen molar-refractivity contribution in [1.29, 1.82) is 0 Å². The lowest BCUT2D eigenvalue weighted by atomic mass is 9.97. The highest BCUT2D eigenvalue weighted by Gasteiger charge is 2.38. The first kappa shape index (κ1) is 16.2. The van der Waals surface area contributed by atoms with Crippen LogP contribution >= 0.6 is 0 Å². The van der Waals surface area contributed by atoms with Crippen LogP contribution < -0.4 is 5.56 Å². The SMILES string of the molecule is O=C(c1ccccc1C(F)(F)F)N1CC(Cn2ncccc2=O)C1. The molecule has 0 aliphatic carbocycles. The first-order valence-corrected chi connectivity index (χ1v) is 7.34. The Kier molecular flexibility index (Phi) is 4.13. The summed E-state index contributed by atoms with van der Waals surface area (Å²) in [5.41, 5.74) is -1.53. The Bertz CT molecular complexity index is 810. The monoisotopic (exact) mass is 337 g/mol. The molecule has 2 aromatic rings. The number of benzene rings is 1. The van der Waals surface area contributed by atoms with Gasteiger partial charge in [0, 0.05) is 31.3 Å². The molecule has 0 saturated carbocycles. The van der Waals surface area contributed by atoms with Crippen molar-refractivity contribution in [2.75, 3.05) is 13.1 Å². The zero-order valence-electron chi connectivity index (χ0n) is 12.5. The summed E-state index contributed by atoms with van der Waals surface area (Å²) in [4.78, 5) is 25.2. The molecule has 1 aromatic heterocycles. The van der Waals surface area contributed by atoms with Crippen LogP contribution in [0.2, 0.25) is 0 Å². The Labute approximate surface area is 135 Å². The fourth-order valence-corrected chi connectivity index (χ4v) is 2.71. The maximum atomic E-state index is 13.0. The van der Waals surface area contributed by atoms with E-state index in [1.165, 1.54) is 46.1 Å². The van der Waals surface area contributed by atoms with Crippen molar-refractivity contribution in [2.24, 2.45) is 5.92 Å². The summed E-state index contributed by atoms with van der Waals surface area (Å²) >= 11 is 0. The van der Waals surface area contributed by atoms with Gasteiger partial charge in [0.05, 0.1) is 17.7 Å². The molecule has 2 heterocycles. The first-order chi connectivity index (χ1) is 11.4. The molecule has 0 bridgehead atoms. The van der Waals surface area contributed by atoms with Gasteiger partial charge in [0.15, 0.2) is 0 Å². The molecule has 1 aromatic carbocycles. The van der Waals surface area contributed by atoms with Crippen LogP contribution in [0, 0.1) is 5.92 Å². The zero-order valence-corrected chi connectivity index (χ0v) is 12.5. The third kappa shape index (κ3) is 3.17. The van der Waals surface area contributed by atoms with Crippen molar-refractivity contribution < 1.29 is 18.0 Å². The van der Waals surface area contributed by atoms with E-state index in [4.69, 9.17) is 0 Å². The number of carbonyl (C=O) groups excluding carboxylic acids is 1. The zero-order chi connectivity index (χ0) is 17.3. The summed E-state index contributed by atoms with van der Waals surface area (Å²) in [6.45, 7) is 0.937. The molecular formula is C16H14F3N3O2. The Morgan fingerprint density at radius 3 is 2.54 bits per heavy atom. The van der Waals surface area contributed by atoms with Crippen LogP contribution in [0.1, 0.15) is 15.9 Å². The first-order valence-electron chi connectivity index (χ1n) is 7.34. The molecule has 8 heteroatoms. The molecule has 0 atom stereocenters. The van der Waals surface area contributed by atoms with Crippen molar-refractivity contribution in [1.82, 2.24) is 14.7 Å². The second kappa shape index (κ2) is 6.10. The lowest BCUT2D eigenvalue weighted by Gasteiger charge is -2.39. The highest BCUT2D eigenvalue weighted by molar-refractivity contribution is 5.96. The molecule has 3 rings (SSSR count). The molecule has 5 nitrogen and oxygen atoms in total. The van der Waals surface area contributed by atoms with Crippen LogP contribution in [0.5, 0.6) is 0 Å². The number of nitrogens with zero attached hydrogens (tertiary/aromatic N) is 3. The minimum Gasteiger partial charge on any atom is -0.338 e. The summed E-state index contributed by atoms with van der Waals surface area (Å²) in [6.07, 6.45) is -3.08. The summed E-state index contributed by atoms with van der Waals surface area (Å²) < 4.78 is 40.2. The lowest BCUT2D eigenvalue weighted by Crippen LogP contribution is -2.52. The van der Waals surface area contributed by atoms with Gasteiger partial charge in [-0.05, 0) is 18.2 Å². The quantitative estimate of drug-likeness (QED) is 0.861. The predicted molar refractivity (Wildman–Crippen MR) is 79.3 cm³/mol. The van der Waals surface area contributed by atoms with Gasteiger partial charge in [0.2, 0.25) is 0 Å². The maximum absolute atomic E-state index is 13.0.